The van der Waals surface area contributed by atoms with Crippen LogP contribution in [0.15, 0.2) is 209 Å². The van der Waals surface area contributed by atoms with Crippen molar-refractivity contribution in [3.05, 3.63) is 200 Å². The quantitative estimate of drug-likeness (QED) is 0.170. The van der Waals surface area contributed by atoms with Gasteiger partial charge in [0.25, 0.3) is 0 Å². The zero-order chi connectivity index (χ0) is 38.2. The van der Waals surface area contributed by atoms with Crippen LogP contribution in [0.5, 0.6) is 0 Å². The first-order valence-electron chi connectivity index (χ1n) is 19.5. The van der Waals surface area contributed by atoms with E-state index in [0.29, 0.717) is 5.89 Å². The van der Waals surface area contributed by atoms with Gasteiger partial charge in [0.1, 0.15) is 16.7 Å². The number of fused-ring (bicyclic) bond motifs is 9. The maximum Gasteiger partial charge on any atom is 0.227 e. The van der Waals surface area contributed by atoms with E-state index in [0.717, 1.165) is 72.5 Å². The van der Waals surface area contributed by atoms with Crippen molar-refractivity contribution in [1.82, 2.24) is 9.55 Å². The normalized spacial score (nSPS) is 11.8. The van der Waals surface area contributed by atoms with Gasteiger partial charge in [-0.3, -0.25) is 0 Å². The zero-order valence-electron chi connectivity index (χ0n) is 31.2. The SMILES string of the molecule is c1ccc(-c2nc3c(-c4ccc(N(c5ccc6oc7ccccc7c6c5)c5ccc6ccc7c(c6c5)c5ccccc5n7-c5ccccc5)cc4)cccc3o2)cc1. The fourth-order valence-electron chi connectivity index (χ4n) is 8.75. The summed E-state index contributed by atoms with van der Waals surface area (Å²) in [6, 6.07) is 70.4. The molecule has 0 atom stereocenters. The second-order valence-corrected chi connectivity index (χ2v) is 14.8. The number of oxazole rings is 1. The molecular weight excluding hydrogens is 711 g/mol. The maximum atomic E-state index is 6.28. The fourth-order valence-corrected chi connectivity index (χ4v) is 8.75. The van der Waals surface area contributed by atoms with Crippen LogP contribution in [-0.2, 0) is 0 Å². The van der Waals surface area contributed by atoms with E-state index in [1.807, 2.05) is 54.6 Å². The number of furan rings is 1. The predicted molar refractivity (Wildman–Crippen MR) is 239 cm³/mol. The molecule has 0 amide bonds. The Morgan fingerprint density at radius 3 is 1.91 bits per heavy atom. The molecular formula is C53H33N3O2. The number of benzene rings is 9. The van der Waals surface area contributed by atoms with E-state index in [4.69, 9.17) is 13.8 Å². The highest BCUT2D eigenvalue weighted by molar-refractivity contribution is 6.22. The lowest BCUT2D eigenvalue weighted by atomic mass is 10.0. The van der Waals surface area contributed by atoms with Crippen molar-refractivity contribution in [2.24, 2.45) is 0 Å². The molecule has 58 heavy (non-hydrogen) atoms. The molecule has 9 aromatic carbocycles. The molecule has 0 saturated heterocycles. The van der Waals surface area contributed by atoms with E-state index >= 15 is 0 Å². The van der Waals surface area contributed by atoms with Crippen LogP contribution in [0, 0.1) is 0 Å². The van der Waals surface area contributed by atoms with Crippen LogP contribution in [0.4, 0.5) is 17.1 Å². The van der Waals surface area contributed by atoms with Gasteiger partial charge in [-0.1, -0.05) is 109 Å². The predicted octanol–water partition coefficient (Wildman–Crippen LogP) is 14.8. The Morgan fingerprint density at radius 1 is 0.414 bits per heavy atom. The average Bonchev–Trinajstić information content (AvgIpc) is 3.99. The summed E-state index contributed by atoms with van der Waals surface area (Å²) in [5.74, 6) is 0.616. The number of nitrogens with zero attached hydrogens (tertiary/aromatic N) is 3. The average molecular weight is 744 g/mol. The van der Waals surface area contributed by atoms with Crippen molar-refractivity contribution in [1.29, 1.82) is 0 Å². The Kier molecular flexibility index (Phi) is 7.16. The van der Waals surface area contributed by atoms with Gasteiger partial charge in [0.2, 0.25) is 5.89 Å². The molecule has 0 saturated carbocycles. The minimum atomic E-state index is 0.616. The molecule has 0 aliphatic rings. The second kappa shape index (κ2) is 12.8. The van der Waals surface area contributed by atoms with Crippen LogP contribution in [0.3, 0.4) is 0 Å². The first kappa shape index (κ1) is 32.4. The molecule has 5 heteroatoms. The van der Waals surface area contributed by atoms with Gasteiger partial charge in [-0.2, -0.15) is 0 Å². The molecule has 3 heterocycles. The summed E-state index contributed by atoms with van der Waals surface area (Å²) in [5.41, 5.74) is 13.0. The topological polar surface area (TPSA) is 47.3 Å². The monoisotopic (exact) mass is 743 g/mol. The highest BCUT2D eigenvalue weighted by Gasteiger charge is 2.20. The Balaban J connectivity index is 1.05. The summed E-state index contributed by atoms with van der Waals surface area (Å²) >= 11 is 0. The molecule has 12 rings (SSSR count). The summed E-state index contributed by atoms with van der Waals surface area (Å²) in [4.78, 5) is 7.32. The Hall–Kier alpha value is -7.89. The van der Waals surface area contributed by atoms with E-state index in [2.05, 4.69) is 155 Å². The van der Waals surface area contributed by atoms with Gasteiger partial charge < -0.3 is 18.3 Å². The first-order chi connectivity index (χ1) is 28.7. The van der Waals surface area contributed by atoms with Crippen molar-refractivity contribution in [3.63, 3.8) is 0 Å². The smallest absolute Gasteiger partial charge is 0.227 e. The Morgan fingerprint density at radius 2 is 1.07 bits per heavy atom. The molecule has 0 spiro atoms. The summed E-state index contributed by atoms with van der Waals surface area (Å²) in [6.45, 7) is 0. The van der Waals surface area contributed by atoms with Crippen LogP contribution < -0.4 is 4.90 Å². The molecule has 12 aromatic rings. The second-order valence-electron chi connectivity index (χ2n) is 14.8. The standard InChI is InChI=1S/C53H33N3O2/c1-3-12-36(13-4-1)53-54-52-41(18-11-21-50(52)58-53)34-22-26-38(27-23-34)55(40-29-31-49-45(33-40)42-16-8-10-20-48(42)57-49)39-28-24-35-25-30-47-51(44(35)32-39)43-17-7-9-19-46(43)56(47)37-14-5-2-6-15-37/h1-33H. The maximum absolute atomic E-state index is 6.28. The Bertz CT molecular complexity index is 3510. The number of hydrogen-bond donors (Lipinski definition) is 0. The van der Waals surface area contributed by atoms with Gasteiger partial charge in [-0.05, 0) is 107 Å². The molecule has 3 aromatic heterocycles. The van der Waals surface area contributed by atoms with Gasteiger partial charge in [0.15, 0.2) is 5.58 Å². The minimum absolute atomic E-state index is 0.616. The van der Waals surface area contributed by atoms with Gasteiger partial charge >= 0.3 is 0 Å². The van der Waals surface area contributed by atoms with Gasteiger partial charge in [0.05, 0.1) is 11.0 Å². The number of hydrogen-bond acceptors (Lipinski definition) is 4. The van der Waals surface area contributed by atoms with Crippen LogP contribution >= 0.6 is 0 Å². The zero-order valence-corrected chi connectivity index (χ0v) is 31.2. The highest BCUT2D eigenvalue weighted by Crippen LogP contribution is 2.43. The molecule has 0 N–H and O–H groups in total. The summed E-state index contributed by atoms with van der Waals surface area (Å²) < 4.78 is 14.9. The van der Waals surface area contributed by atoms with Gasteiger partial charge in [0, 0.05) is 55.4 Å². The molecule has 0 aliphatic heterocycles. The molecule has 0 bridgehead atoms. The van der Waals surface area contributed by atoms with Crippen molar-refractivity contribution >= 4 is 82.7 Å². The molecule has 0 unspecified atom stereocenters. The van der Waals surface area contributed by atoms with Crippen LogP contribution in [-0.4, -0.2) is 9.55 Å². The summed E-state index contributed by atoms with van der Waals surface area (Å²) in [7, 11) is 0. The summed E-state index contributed by atoms with van der Waals surface area (Å²) in [5, 5.41) is 7.03. The van der Waals surface area contributed by atoms with Crippen LogP contribution in [0.2, 0.25) is 0 Å². The minimum Gasteiger partial charge on any atom is -0.456 e. The molecule has 0 radical (unpaired) electrons. The largest absolute Gasteiger partial charge is 0.456 e. The van der Waals surface area contributed by atoms with E-state index in [9.17, 15) is 0 Å². The van der Waals surface area contributed by atoms with Crippen molar-refractivity contribution in [2.75, 3.05) is 4.90 Å². The third-order valence-electron chi connectivity index (χ3n) is 11.4. The van der Waals surface area contributed by atoms with E-state index in [-0.39, 0.29) is 0 Å². The summed E-state index contributed by atoms with van der Waals surface area (Å²) in [6.07, 6.45) is 0. The van der Waals surface area contributed by atoms with Gasteiger partial charge in [-0.15, -0.1) is 0 Å². The molecule has 272 valence electrons. The van der Waals surface area contributed by atoms with Crippen LogP contribution in [0.1, 0.15) is 0 Å². The van der Waals surface area contributed by atoms with Gasteiger partial charge in [-0.25, -0.2) is 4.98 Å². The van der Waals surface area contributed by atoms with E-state index in [1.54, 1.807) is 0 Å². The lowest BCUT2D eigenvalue weighted by Crippen LogP contribution is -2.09. The number of aromatic nitrogens is 2. The van der Waals surface area contributed by atoms with E-state index < -0.39 is 0 Å². The third-order valence-corrected chi connectivity index (χ3v) is 11.4. The lowest BCUT2D eigenvalue weighted by molar-refractivity contribution is 0.620. The molecule has 5 nitrogen and oxygen atoms in total. The van der Waals surface area contributed by atoms with E-state index in [1.165, 1.54) is 32.6 Å². The number of rotatable bonds is 6. The van der Waals surface area contributed by atoms with Crippen molar-refractivity contribution < 1.29 is 8.83 Å². The molecule has 0 aliphatic carbocycles. The number of anilines is 3. The Labute approximate surface area is 333 Å². The van der Waals surface area contributed by atoms with Crippen LogP contribution in [0.25, 0.3) is 93.9 Å². The number of para-hydroxylation sites is 4. The fraction of sp³-hybridized carbons (Fsp3) is 0. The third kappa shape index (κ3) is 5.07. The first-order valence-corrected chi connectivity index (χ1v) is 19.5. The lowest BCUT2D eigenvalue weighted by Gasteiger charge is -2.26. The highest BCUT2D eigenvalue weighted by atomic mass is 16.3. The van der Waals surface area contributed by atoms with Crippen molar-refractivity contribution in [3.8, 4) is 28.3 Å². The van der Waals surface area contributed by atoms with Crippen molar-refractivity contribution in [2.45, 2.75) is 0 Å². The molecule has 0 fully saturated rings.